The zero-order valence-corrected chi connectivity index (χ0v) is 6.93. The van der Waals surface area contributed by atoms with Gasteiger partial charge in [-0.25, -0.2) is 4.98 Å². The summed E-state index contributed by atoms with van der Waals surface area (Å²) in [5.41, 5.74) is 1.02. The quantitative estimate of drug-likeness (QED) is 0.648. The summed E-state index contributed by atoms with van der Waals surface area (Å²) in [5, 5.41) is 0. The molecule has 1 rings (SSSR count). The van der Waals surface area contributed by atoms with Crippen LogP contribution in [0, 0.1) is 6.92 Å². The van der Waals surface area contributed by atoms with E-state index in [-0.39, 0.29) is 0 Å². The van der Waals surface area contributed by atoms with Crippen molar-refractivity contribution in [2.75, 3.05) is 7.11 Å². The minimum Gasteiger partial charge on any atom is -0.468 e. The van der Waals surface area contributed by atoms with Gasteiger partial charge in [-0.15, -0.1) is 0 Å². The lowest BCUT2D eigenvalue weighted by molar-refractivity contribution is 0.384. The Morgan fingerprint density at radius 3 is 2.30 bits per heavy atom. The van der Waals surface area contributed by atoms with Crippen LogP contribution in [0.5, 0.6) is 6.01 Å². The van der Waals surface area contributed by atoms with Crippen molar-refractivity contribution in [2.24, 2.45) is 0 Å². The van der Waals surface area contributed by atoms with Gasteiger partial charge in [-0.1, -0.05) is 13.8 Å². The molecule has 1 aromatic rings. The first-order valence-corrected chi connectivity index (χ1v) is 3.38. The topological polar surface area (TPSA) is 37.9 Å². The molecule has 0 aliphatic heterocycles. The van der Waals surface area contributed by atoms with E-state index >= 15 is 0 Å². The number of nitrogens with zero attached hydrogens (tertiary/aromatic N) is 1. The highest BCUT2D eigenvalue weighted by molar-refractivity contribution is 5.01. The zero-order valence-electron chi connectivity index (χ0n) is 6.93. The fourth-order valence-electron chi connectivity index (χ4n) is 0.492. The Labute approximate surface area is 61.4 Å². The maximum Gasteiger partial charge on any atom is 0.293 e. The molecule has 1 N–H and O–H groups in total. The maximum atomic E-state index is 4.77. The molecule has 1 aromatic heterocycles. The lowest BCUT2D eigenvalue weighted by atomic mass is 10.6. The van der Waals surface area contributed by atoms with Crippen molar-refractivity contribution in [3.8, 4) is 6.01 Å². The molecule has 0 saturated carbocycles. The normalized spacial score (nSPS) is 8.00. The molecule has 1 heterocycles. The van der Waals surface area contributed by atoms with Crippen LogP contribution >= 0.6 is 0 Å². The van der Waals surface area contributed by atoms with Crippen LogP contribution in [0.3, 0.4) is 0 Å². The molecular weight excluding hydrogens is 128 g/mol. The molecule has 0 unspecified atom stereocenters. The van der Waals surface area contributed by atoms with E-state index in [2.05, 4.69) is 9.97 Å². The van der Waals surface area contributed by atoms with E-state index in [0.29, 0.717) is 6.01 Å². The van der Waals surface area contributed by atoms with Crippen LogP contribution in [0.15, 0.2) is 6.20 Å². The Kier molecular flexibility index (Phi) is 4.37. The molecule has 0 aliphatic carbocycles. The monoisotopic (exact) mass is 142 g/mol. The number of H-pyrrole nitrogens is 1. The van der Waals surface area contributed by atoms with Gasteiger partial charge >= 0.3 is 0 Å². The molecule has 0 aliphatic rings. The highest BCUT2D eigenvalue weighted by Crippen LogP contribution is 2.00. The second-order valence-corrected chi connectivity index (χ2v) is 1.58. The average Bonchev–Trinajstić information content (AvgIpc) is 2.40. The summed E-state index contributed by atoms with van der Waals surface area (Å²) in [7, 11) is 1.58. The van der Waals surface area contributed by atoms with Crippen LogP contribution in [0.1, 0.15) is 19.5 Å². The Bertz CT molecular complexity index is 172. The van der Waals surface area contributed by atoms with Crippen molar-refractivity contribution in [1.29, 1.82) is 0 Å². The van der Waals surface area contributed by atoms with Gasteiger partial charge < -0.3 is 9.72 Å². The lowest BCUT2D eigenvalue weighted by Gasteiger charge is -1.87. The SMILES string of the molecule is CC.COc1ncc(C)[nH]1. The van der Waals surface area contributed by atoms with E-state index in [1.807, 2.05) is 20.8 Å². The van der Waals surface area contributed by atoms with Crippen molar-refractivity contribution < 1.29 is 4.74 Å². The van der Waals surface area contributed by atoms with Crippen LogP contribution in [-0.4, -0.2) is 17.1 Å². The summed E-state index contributed by atoms with van der Waals surface area (Å²) in [5.74, 6) is 0. The summed E-state index contributed by atoms with van der Waals surface area (Å²) in [6, 6.07) is 0.572. The molecule has 10 heavy (non-hydrogen) atoms. The summed E-state index contributed by atoms with van der Waals surface area (Å²) >= 11 is 0. The number of methoxy groups -OCH3 is 1. The molecule has 0 saturated heterocycles. The Balaban J connectivity index is 0.000000371. The largest absolute Gasteiger partial charge is 0.468 e. The van der Waals surface area contributed by atoms with Gasteiger partial charge in [-0.2, -0.15) is 0 Å². The minimum atomic E-state index is 0.572. The van der Waals surface area contributed by atoms with Gasteiger partial charge in [0.1, 0.15) is 0 Å². The van der Waals surface area contributed by atoms with Crippen LogP contribution in [-0.2, 0) is 0 Å². The molecule has 0 spiro atoms. The fourth-order valence-corrected chi connectivity index (χ4v) is 0.492. The van der Waals surface area contributed by atoms with Gasteiger partial charge in [0, 0.05) is 5.69 Å². The van der Waals surface area contributed by atoms with Gasteiger partial charge in [0.05, 0.1) is 13.3 Å². The number of nitrogens with one attached hydrogen (secondary N) is 1. The van der Waals surface area contributed by atoms with E-state index in [1.165, 1.54) is 0 Å². The van der Waals surface area contributed by atoms with Crippen LogP contribution in [0.2, 0.25) is 0 Å². The van der Waals surface area contributed by atoms with Crippen LogP contribution < -0.4 is 4.74 Å². The summed E-state index contributed by atoms with van der Waals surface area (Å²) in [6.07, 6.45) is 1.72. The van der Waals surface area contributed by atoms with Gasteiger partial charge in [-0.3, -0.25) is 0 Å². The number of imidazole rings is 1. The van der Waals surface area contributed by atoms with Crippen molar-refractivity contribution in [3.05, 3.63) is 11.9 Å². The van der Waals surface area contributed by atoms with Crippen LogP contribution in [0.25, 0.3) is 0 Å². The predicted molar refractivity (Wildman–Crippen MR) is 41.2 cm³/mol. The highest BCUT2D eigenvalue weighted by atomic mass is 16.5. The van der Waals surface area contributed by atoms with Crippen molar-refractivity contribution in [2.45, 2.75) is 20.8 Å². The van der Waals surface area contributed by atoms with Gasteiger partial charge in [-0.05, 0) is 6.92 Å². The maximum absolute atomic E-state index is 4.77. The molecule has 0 bridgehead atoms. The standard InChI is InChI=1S/C5H8N2O.C2H6/c1-4-3-6-5(7-4)8-2;1-2/h3H,1-2H3,(H,6,7);1-2H3. The molecule has 3 heteroatoms. The third kappa shape index (κ3) is 2.53. The number of rotatable bonds is 1. The van der Waals surface area contributed by atoms with E-state index < -0.39 is 0 Å². The molecule has 0 radical (unpaired) electrons. The number of aromatic amines is 1. The third-order valence-electron chi connectivity index (χ3n) is 0.873. The second-order valence-electron chi connectivity index (χ2n) is 1.58. The minimum absolute atomic E-state index is 0.572. The number of aryl methyl sites for hydroxylation is 1. The third-order valence-corrected chi connectivity index (χ3v) is 0.873. The highest BCUT2D eigenvalue weighted by Gasteiger charge is 1.90. The van der Waals surface area contributed by atoms with E-state index in [0.717, 1.165) is 5.69 Å². The number of aromatic nitrogens is 2. The summed E-state index contributed by atoms with van der Waals surface area (Å²) in [4.78, 5) is 6.75. The van der Waals surface area contributed by atoms with Gasteiger partial charge in [0.15, 0.2) is 0 Å². The predicted octanol–water partition coefficient (Wildman–Crippen LogP) is 1.75. The first kappa shape index (κ1) is 9.01. The van der Waals surface area contributed by atoms with Crippen molar-refractivity contribution in [1.82, 2.24) is 9.97 Å². The zero-order chi connectivity index (χ0) is 7.98. The Morgan fingerprint density at radius 1 is 1.50 bits per heavy atom. The Morgan fingerprint density at radius 2 is 2.10 bits per heavy atom. The fraction of sp³-hybridized carbons (Fsp3) is 0.571. The molecular formula is C7H14N2O. The first-order chi connectivity index (χ1) is 4.83. The molecule has 58 valence electrons. The first-order valence-electron chi connectivity index (χ1n) is 3.38. The molecule has 0 aromatic carbocycles. The summed E-state index contributed by atoms with van der Waals surface area (Å²) in [6.45, 7) is 5.93. The number of hydrogen-bond donors (Lipinski definition) is 1. The number of hydrogen-bond acceptors (Lipinski definition) is 2. The van der Waals surface area contributed by atoms with E-state index in [1.54, 1.807) is 13.3 Å². The van der Waals surface area contributed by atoms with Crippen molar-refractivity contribution in [3.63, 3.8) is 0 Å². The van der Waals surface area contributed by atoms with Crippen LogP contribution in [0.4, 0.5) is 0 Å². The smallest absolute Gasteiger partial charge is 0.293 e. The molecule has 0 fully saturated rings. The Hall–Kier alpha value is -0.990. The molecule has 3 nitrogen and oxygen atoms in total. The number of ether oxygens (including phenoxy) is 1. The van der Waals surface area contributed by atoms with Gasteiger partial charge in [0.25, 0.3) is 6.01 Å². The molecule has 0 atom stereocenters. The van der Waals surface area contributed by atoms with Gasteiger partial charge in [0.2, 0.25) is 0 Å². The van der Waals surface area contributed by atoms with Crippen molar-refractivity contribution >= 4 is 0 Å². The van der Waals surface area contributed by atoms with E-state index in [9.17, 15) is 0 Å². The average molecular weight is 142 g/mol. The lowest BCUT2D eigenvalue weighted by Crippen LogP contribution is -1.82. The summed E-state index contributed by atoms with van der Waals surface area (Å²) < 4.78 is 4.77. The second kappa shape index (κ2) is 4.85. The van der Waals surface area contributed by atoms with E-state index in [4.69, 9.17) is 4.74 Å². The molecule has 0 amide bonds.